The maximum absolute atomic E-state index is 14.1. The van der Waals surface area contributed by atoms with Crippen LogP contribution in [0.3, 0.4) is 0 Å². The van der Waals surface area contributed by atoms with E-state index >= 15 is 0 Å². The zero-order valence-corrected chi connectivity index (χ0v) is 29.7. The van der Waals surface area contributed by atoms with E-state index < -0.39 is 17.0 Å². The van der Waals surface area contributed by atoms with Gasteiger partial charge < -0.3 is 29.3 Å². The summed E-state index contributed by atoms with van der Waals surface area (Å²) in [4.78, 5) is 53.5. The summed E-state index contributed by atoms with van der Waals surface area (Å²) in [6, 6.07) is 5.20. The molecule has 2 aliphatic heterocycles. The number of aromatic nitrogens is 3. The molecule has 0 spiro atoms. The van der Waals surface area contributed by atoms with E-state index in [0.29, 0.717) is 30.1 Å². The minimum atomic E-state index is -0.676. The largest absolute Gasteiger partial charge is 0.495 e. The standard InChI is InChI=1S/C33H38Cl2N8O6/c1-33(2,42-8-7-40(4)25(44)18-42)13-20(14-36)30(45)41-16-21(17-41)49-10-9-43-29-19(15-38-32(37-3)39-29)11-22(31(43)46)26-27(34)23(47-5)12-24(48-6)28(26)35/h11-13,15,21H,7-10,16-18H2,1-6H3,(H,37,38,39). The Morgan fingerprint density at radius 2 is 1.82 bits per heavy atom. The molecule has 1 N–H and O–H groups in total. The van der Waals surface area contributed by atoms with Crippen molar-refractivity contribution in [2.45, 2.75) is 32.0 Å². The smallest absolute Gasteiger partial charge is 0.264 e. The third-order valence-electron chi connectivity index (χ3n) is 8.82. The number of methoxy groups -OCH3 is 2. The van der Waals surface area contributed by atoms with Gasteiger partial charge in [0, 0.05) is 69.0 Å². The molecule has 16 heteroatoms. The summed E-state index contributed by atoms with van der Waals surface area (Å²) in [6.07, 6.45) is 2.92. The van der Waals surface area contributed by atoms with Gasteiger partial charge in [-0.2, -0.15) is 10.2 Å². The average Bonchev–Trinajstić information content (AvgIpc) is 3.06. The molecule has 0 saturated carbocycles. The molecule has 1 aromatic carbocycles. The van der Waals surface area contributed by atoms with Gasteiger partial charge in [-0.3, -0.25) is 23.9 Å². The van der Waals surface area contributed by atoms with E-state index in [4.69, 9.17) is 37.4 Å². The second-order valence-corrected chi connectivity index (χ2v) is 13.0. The molecule has 0 radical (unpaired) electrons. The normalized spacial score (nSPS) is 16.1. The number of halogens is 2. The van der Waals surface area contributed by atoms with Crippen LogP contribution in [0, 0.1) is 11.3 Å². The number of nitrogens with zero attached hydrogens (tertiary/aromatic N) is 7. The highest BCUT2D eigenvalue weighted by Crippen LogP contribution is 2.45. The Bertz CT molecular complexity index is 1890. The van der Waals surface area contributed by atoms with Crippen LogP contribution >= 0.6 is 23.2 Å². The predicted octanol–water partition coefficient (Wildman–Crippen LogP) is 3.05. The molecular weight excluding hydrogens is 675 g/mol. The van der Waals surface area contributed by atoms with Crippen LogP contribution in [0.4, 0.5) is 5.95 Å². The summed E-state index contributed by atoms with van der Waals surface area (Å²) in [5, 5.41) is 13.6. The molecule has 5 rings (SSSR count). The molecular formula is C33H38Cl2N8O6. The number of ether oxygens (including phenoxy) is 3. The highest BCUT2D eigenvalue weighted by molar-refractivity contribution is 6.41. The van der Waals surface area contributed by atoms with Gasteiger partial charge in [0.15, 0.2) is 0 Å². The third-order valence-corrected chi connectivity index (χ3v) is 9.57. The van der Waals surface area contributed by atoms with E-state index in [1.54, 1.807) is 48.3 Å². The van der Waals surface area contributed by atoms with Gasteiger partial charge in [0.25, 0.3) is 11.5 Å². The van der Waals surface area contributed by atoms with Crippen LogP contribution in [-0.2, 0) is 20.9 Å². The fourth-order valence-corrected chi connectivity index (χ4v) is 6.52. The molecule has 14 nitrogen and oxygen atoms in total. The Morgan fingerprint density at radius 1 is 1.14 bits per heavy atom. The number of carbonyl (C=O) groups excluding carboxylic acids is 2. The van der Waals surface area contributed by atoms with Crippen molar-refractivity contribution in [2.75, 3.05) is 73.0 Å². The number of amides is 2. The fraction of sp³-hybridized carbons (Fsp3) is 0.455. The molecule has 260 valence electrons. The summed E-state index contributed by atoms with van der Waals surface area (Å²) in [7, 11) is 6.33. The maximum atomic E-state index is 14.1. The summed E-state index contributed by atoms with van der Waals surface area (Å²) < 4.78 is 18.4. The molecule has 3 aromatic rings. The highest BCUT2D eigenvalue weighted by Gasteiger charge is 2.36. The summed E-state index contributed by atoms with van der Waals surface area (Å²) in [5.41, 5.74) is -0.274. The van der Waals surface area contributed by atoms with Crippen molar-refractivity contribution in [2.24, 2.45) is 0 Å². The first-order valence-electron chi connectivity index (χ1n) is 15.5. The van der Waals surface area contributed by atoms with Gasteiger partial charge in [-0.25, -0.2) is 4.98 Å². The van der Waals surface area contributed by atoms with Crippen molar-refractivity contribution in [1.82, 2.24) is 29.2 Å². The molecule has 0 unspecified atom stereocenters. The van der Waals surface area contributed by atoms with Gasteiger partial charge in [-0.1, -0.05) is 23.2 Å². The Balaban J connectivity index is 1.32. The first kappa shape index (κ1) is 35.9. The molecule has 2 amide bonds. The highest BCUT2D eigenvalue weighted by atomic mass is 35.5. The van der Waals surface area contributed by atoms with Gasteiger partial charge >= 0.3 is 0 Å². The third kappa shape index (κ3) is 7.16. The Kier molecular flexibility index (Phi) is 10.7. The van der Waals surface area contributed by atoms with Crippen molar-refractivity contribution in [3.8, 4) is 28.7 Å². The first-order chi connectivity index (χ1) is 23.3. The van der Waals surface area contributed by atoms with Crippen LogP contribution in [0.25, 0.3) is 22.2 Å². The lowest BCUT2D eigenvalue weighted by Gasteiger charge is -2.42. The second-order valence-electron chi connectivity index (χ2n) is 12.3. The van der Waals surface area contributed by atoms with Crippen LogP contribution in [-0.4, -0.2) is 120 Å². The second kappa shape index (κ2) is 14.6. The van der Waals surface area contributed by atoms with E-state index in [1.165, 1.54) is 18.8 Å². The molecule has 2 saturated heterocycles. The van der Waals surface area contributed by atoms with Crippen LogP contribution in [0.2, 0.25) is 10.0 Å². The molecule has 4 heterocycles. The zero-order chi connectivity index (χ0) is 35.6. The minimum Gasteiger partial charge on any atom is -0.495 e. The van der Waals surface area contributed by atoms with E-state index in [0.717, 1.165) is 0 Å². The van der Waals surface area contributed by atoms with Gasteiger partial charge in [-0.15, -0.1) is 0 Å². The summed E-state index contributed by atoms with van der Waals surface area (Å²) in [5.74, 6) is 0.483. The monoisotopic (exact) mass is 712 g/mol. The van der Waals surface area contributed by atoms with Crippen molar-refractivity contribution in [1.29, 1.82) is 5.26 Å². The van der Waals surface area contributed by atoms with Gasteiger partial charge in [0.1, 0.15) is 28.8 Å². The van der Waals surface area contributed by atoms with Crippen molar-refractivity contribution in [3.05, 3.63) is 50.4 Å². The number of likely N-dealkylation sites (N-methyl/N-ethyl adjacent to an activating group) is 1. The van der Waals surface area contributed by atoms with E-state index in [-0.39, 0.29) is 83.0 Å². The molecule has 49 heavy (non-hydrogen) atoms. The molecule has 0 atom stereocenters. The summed E-state index contributed by atoms with van der Waals surface area (Å²) in [6.45, 7) is 5.99. The lowest BCUT2D eigenvalue weighted by Crippen LogP contribution is -2.57. The number of likely N-dealkylation sites (tertiary alicyclic amines) is 1. The Hall–Kier alpha value is -4.42. The number of nitrogens with one attached hydrogen (secondary N) is 1. The molecule has 2 aromatic heterocycles. The number of hydrogen-bond acceptors (Lipinski definition) is 11. The SMILES string of the molecule is CNc1ncc2cc(-c3c(Cl)c(OC)cc(OC)c3Cl)c(=O)n(CCOC3CN(C(=O)C(C#N)=CC(C)(C)N4CCN(C)C(=O)C4)C3)c2n1. The quantitative estimate of drug-likeness (QED) is 0.230. The lowest BCUT2D eigenvalue weighted by atomic mass is 9.96. The van der Waals surface area contributed by atoms with Gasteiger partial charge in [0.05, 0.1) is 55.6 Å². The maximum Gasteiger partial charge on any atom is 0.264 e. The van der Waals surface area contributed by atoms with Crippen LogP contribution in [0.15, 0.2) is 34.8 Å². The van der Waals surface area contributed by atoms with Crippen molar-refractivity contribution < 1.29 is 23.8 Å². The number of piperazine rings is 1. The minimum absolute atomic E-state index is 0.00896. The number of fused-ring (bicyclic) bond motifs is 1. The molecule has 0 bridgehead atoms. The molecule has 2 fully saturated rings. The van der Waals surface area contributed by atoms with Gasteiger partial charge in [-0.05, 0) is 26.0 Å². The van der Waals surface area contributed by atoms with Crippen LogP contribution in [0.1, 0.15) is 13.8 Å². The topological polar surface area (TPSA) is 155 Å². The lowest BCUT2D eigenvalue weighted by molar-refractivity contribution is -0.140. The van der Waals surface area contributed by atoms with Crippen LogP contribution < -0.4 is 20.3 Å². The Labute approximate surface area is 293 Å². The Morgan fingerprint density at radius 3 is 2.41 bits per heavy atom. The first-order valence-corrected chi connectivity index (χ1v) is 16.3. The number of nitriles is 1. The number of pyridine rings is 1. The van der Waals surface area contributed by atoms with Crippen molar-refractivity contribution >= 4 is 52.0 Å². The summed E-state index contributed by atoms with van der Waals surface area (Å²) >= 11 is 13.4. The number of carbonyl (C=O) groups is 2. The number of anilines is 1. The van der Waals surface area contributed by atoms with Crippen molar-refractivity contribution in [3.63, 3.8) is 0 Å². The average molecular weight is 714 g/mol. The van der Waals surface area contributed by atoms with Gasteiger partial charge in [0.2, 0.25) is 11.9 Å². The number of rotatable bonds is 11. The predicted molar refractivity (Wildman–Crippen MR) is 185 cm³/mol. The number of hydrogen-bond donors (Lipinski definition) is 1. The molecule has 0 aliphatic carbocycles. The number of benzene rings is 1. The van der Waals surface area contributed by atoms with E-state index in [2.05, 4.69) is 15.3 Å². The van der Waals surface area contributed by atoms with E-state index in [9.17, 15) is 19.6 Å². The fourth-order valence-electron chi connectivity index (χ4n) is 5.82. The molecule has 2 aliphatic rings. The zero-order valence-electron chi connectivity index (χ0n) is 28.2. The van der Waals surface area contributed by atoms with Crippen LogP contribution in [0.5, 0.6) is 11.5 Å². The van der Waals surface area contributed by atoms with E-state index in [1.807, 2.05) is 24.8 Å².